The average molecular weight is 523 g/mol. The van der Waals surface area contributed by atoms with Crippen LogP contribution in [0.4, 0.5) is 5.69 Å². The van der Waals surface area contributed by atoms with Crippen molar-refractivity contribution < 1.29 is 9.21 Å². The Kier molecular flexibility index (Phi) is 8.44. The molecule has 7 nitrogen and oxygen atoms in total. The van der Waals surface area contributed by atoms with Crippen LogP contribution in [0.15, 0.2) is 57.7 Å². The smallest absolute Gasteiger partial charge is 0.338 e. The van der Waals surface area contributed by atoms with E-state index in [1.807, 2.05) is 18.2 Å². The molecule has 3 heterocycles. The van der Waals surface area contributed by atoms with Crippen LogP contribution in [-0.4, -0.2) is 61.0 Å². The third kappa shape index (κ3) is 6.92. The zero-order chi connectivity index (χ0) is 25.6. The van der Waals surface area contributed by atoms with E-state index in [1.165, 1.54) is 30.9 Å². The van der Waals surface area contributed by atoms with E-state index in [2.05, 4.69) is 32.6 Å². The van der Waals surface area contributed by atoms with Crippen molar-refractivity contribution >= 4 is 34.2 Å². The summed E-state index contributed by atoms with van der Waals surface area (Å²) in [5, 5.41) is 8.04. The van der Waals surface area contributed by atoms with E-state index in [9.17, 15) is 9.59 Å². The van der Waals surface area contributed by atoms with Crippen LogP contribution in [0, 0.1) is 0 Å². The van der Waals surface area contributed by atoms with Crippen LogP contribution in [0.5, 0.6) is 0 Å². The minimum atomic E-state index is -0.367. The van der Waals surface area contributed by atoms with Gasteiger partial charge in [-0.1, -0.05) is 30.2 Å². The first-order chi connectivity index (χ1) is 18.0. The number of benzene rings is 2. The molecule has 2 aliphatic heterocycles. The Morgan fingerprint density at radius 1 is 0.946 bits per heavy atom. The van der Waals surface area contributed by atoms with Crippen LogP contribution in [0.1, 0.15) is 48.0 Å². The molecule has 2 saturated heterocycles. The molecule has 0 bridgehead atoms. The highest BCUT2D eigenvalue weighted by Crippen LogP contribution is 2.27. The van der Waals surface area contributed by atoms with E-state index in [0.717, 1.165) is 63.2 Å². The number of hydrogen-bond acceptors (Lipinski definition) is 6. The number of halogens is 1. The Balaban J connectivity index is 1.08. The lowest BCUT2D eigenvalue weighted by molar-refractivity contribution is 0.0946. The highest BCUT2D eigenvalue weighted by Gasteiger charge is 2.20. The molecule has 0 aliphatic carbocycles. The van der Waals surface area contributed by atoms with E-state index in [-0.39, 0.29) is 17.6 Å². The zero-order valence-corrected chi connectivity index (χ0v) is 21.9. The fraction of sp³-hybridized carbons (Fsp3) is 0.448. The number of rotatable bonds is 8. The molecule has 2 aliphatic rings. The summed E-state index contributed by atoms with van der Waals surface area (Å²) in [6.07, 6.45) is 5.80. The van der Waals surface area contributed by atoms with Crippen LogP contribution < -0.4 is 16.3 Å². The summed E-state index contributed by atoms with van der Waals surface area (Å²) in [6.45, 7) is 6.68. The molecule has 0 atom stereocenters. The lowest BCUT2D eigenvalue weighted by atomic mass is 10.0. The van der Waals surface area contributed by atoms with Gasteiger partial charge in [0, 0.05) is 60.8 Å². The van der Waals surface area contributed by atoms with Gasteiger partial charge in [-0.25, -0.2) is 4.79 Å². The van der Waals surface area contributed by atoms with Gasteiger partial charge in [0.1, 0.15) is 5.58 Å². The molecular formula is C29H35ClN4O3. The monoisotopic (exact) mass is 522 g/mol. The Hall–Kier alpha value is -2.87. The largest absolute Gasteiger partial charge is 0.423 e. The number of fused-ring (bicyclic) bond motifs is 1. The summed E-state index contributed by atoms with van der Waals surface area (Å²) in [5.74, 6) is -0.000733. The maximum Gasteiger partial charge on any atom is 0.338 e. The van der Waals surface area contributed by atoms with Gasteiger partial charge < -0.3 is 20.0 Å². The van der Waals surface area contributed by atoms with Crippen molar-refractivity contribution in [1.29, 1.82) is 0 Å². The van der Waals surface area contributed by atoms with E-state index in [1.54, 1.807) is 12.1 Å². The minimum Gasteiger partial charge on any atom is -0.423 e. The Labute approximate surface area is 222 Å². The number of nitrogens with zero attached hydrogens (tertiary/aromatic N) is 2. The summed E-state index contributed by atoms with van der Waals surface area (Å²) >= 11 is 6.17. The van der Waals surface area contributed by atoms with Gasteiger partial charge in [0.05, 0.1) is 5.69 Å². The molecule has 2 fully saturated rings. The zero-order valence-electron chi connectivity index (χ0n) is 21.2. The van der Waals surface area contributed by atoms with Crippen molar-refractivity contribution in [2.24, 2.45) is 0 Å². The first kappa shape index (κ1) is 25.8. The number of carbonyl (C=O) groups excluding carboxylic acids is 1. The molecular weight excluding hydrogens is 488 g/mol. The fourth-order valence-electron chi connectivity index (χ4n) is 5.34. The van der Waals surface area contributed by atoms with Gasteiger partial charge >= 0.3 is 5.63 Å². The van der Waals surface area contributed by atoms with Crippen molar-refractivity contribution in [2.45, 2.75) is 44.7 Å². The van der Waals surface area contributed by atoms with Crippen molar-refractivity contribution in [2.75, 3.05) is 44.6 Å². The minimum absolute atomic E-state index is 0.000733. The molecule has 37 heavy (non-hydrogen) atoms. The molecule has 1 amide bonds. The van der Waals surface area contributed by atoms with Crippen molar-refractivity contribution in [3.05, 3.63) is 75.1 Å². The summed E-state index contributed by atoms with van der Waals surface area (Å²) in [4.78, 5) is 29.4. The lowest BCUT2D eigenvalue weighted by Crippen LogP contribution is -2.38. The van der Waals surface area contributed by atoms with Gasteiger partial charge in [-0.3, -0.25) is 9.69 Å². The SMILES string of the molecule is O=C(NCCN1CCCCC1)c1ccc(CN2CCC(Nc3cc(=O)oc4ccc(Cl)cc34)CC2)cc1. The van der Waals surface area contributed by atoms with E-state index < -0.39 is 0 Å². The summed E-state index contributed by atoms with van der Waals surface area (Å²) in [7, 11) is 0. The summed E-state index contributed by atoms with van der Waals surface area (Å²) in [5.41, 5.74) is 2.87. The van der Waals surface area contributed by atoms with Crippen molar-refractivity contribution in [3.8, 4) is 0 Å². The van der Waals surface area contributed by atoms with Crippen LogP contribution in [-0.2, 0) is 6.54 Å². The molecule has 2 aromatic carbocycles. The lowest BCUT2D eigenvalue weighted by Gasteiger charge is -2.33. The first-order valence-electron chi connectivity index (χ1n) is 13.4. The van der Waals surface area contributed by atoms with Crippen LogP contribution in [0.2, 0.25) is 5.02 Å². The predicted molar refractivity (Wildman–Crippen MR) is 148 cm³/mol. The second-order valence-electron chi connectivity index (χ2n) is 10.2. The van der Waals surface area contributed by atoms with Crippen molar-refractivity contribution in [3.63, 3.8) is 0 Å². The molecule has 2 N–H and O–H groups in total. The maximum atomic E-state index is 12.5. The maximum absolute atomic E-state index is 12.5. The molecule has 1 aromatic heterocycles. The number of amides is 1. The van der Waals surface area contributed by atoms with Gasteiger partial charge in [0.15, 0.2) is 0 Å². The number of likely N-dealkylation sites (tertiary alicyclic amines) is 2. The molecule has 0 saturated carbocycles. The third-order valence-corrected chi connectivity index (χ3v) is 7.67. The highest BCUT2D eigenvalue weighted by atomic mass is 35.5. The summed E-state index contributed by atoms with van der Waals surface area (Å²) < 4.78 is 5.31. The highest BCUT2D eigenvalue weighted by molar-refractivity contribution is 6.31. The Bertz CT molecular complexity index is 1260. The van der Waals surface area contributed by atoms with Crippen LogP contribution in [0.3, 0.4) is 0 Å². The van der Waals surface area contributed by atoms with Gasteiger partial charge in [0.2, 0.25) is 0 Å². The first-order valence-corrected chi connectivity index (χ1v) is 13.7. The molecule has 0 spiro atoms. The molecule has 0 radical (unpaired) electrons. The number of carbonyl (C=O) groups is 1. The standard InChI is InChI=1S/C29H35ClN4O3/c30-23-8-9-27-25(18-23)26(19-28(35)37-27)32-24-10-15-34(16-11-24)20-21-4-6-22(7-5-21)29(36)31-12-17-33-13-2-1-3-14-33/h4-9,18-19,24,32H,1-3,10-17,20H2,(H,31,36). The topological polar surface area (TPSA) is 77.8 Å². The predicted octanol–water partition coefficient (Wildman–Crippen LogP) is 4.74. The van der Waals surface area contributed by atoms with E-state index in [0.29, 0.717) is 22.7 Å². The summed E-state index contributed by atoms with van der Waals surface area (Å²) in [6, 6.07) is 15.0. The third-order valence-electron chi connectivity index (χ3n) is 7.44. The van der Waals surface area contributed by atoms with Gasteiger partial charge in [0.25, 0.3) is 5.91 Å². The Morgan fingerprint density at radius 3 is 2.46 bits per heavy atom. The number of hydrogen-bond donors (Lipinski definition) is 2. The van der Waals surface area contributed by atoms with E-state index in [4.69, 9.17) is 16.0 Å². The normalized spacial score (nSPS) is 17.6. The molecule has 196 valence electrons. The second-order valence-corrected chi connectivity index (χ2v) is 10.6. The average Bonchev–Trinajstić information content (AvgIpc) is 2.91. The fourth-order valence-corrected chi connectivity index (χ4v) is 5.51. The quantitative estimate of drug-likeness (QED) is 0.416. The van der Waals surface area contributed by atoms with Crippen LogP contribution in [0.25, 0.3) is 11.0 Å². The second kappa shape index (κ2) is 12.1. The van der Waals surface area contributed by atoms with Gasteiger partial charge in [-0.05, 0) is 74.7 Å². The van der Waals surface area contributed by atoms with Crippen molar-refractivity contribution in [1.82, 2.24) is 15.1 Å². The number of anilines is 1. The van der Waals surface area contributed by atoms with Gasteiger partial charge in [-0.2, -0.15) is 0 Å². The molecule has 8 heteroatoms. The molecule has 3 aromatic rings. The van der Waals surface area contributed by atoms with E-state index >= 15 is 0 Å². The molecule has 0 unspecified atom stereocenters. The van der Waals surface area contributed by atoms with Gasteiger partial charge in [-0.15, -0.1) is 0 Å². The number of nitrogens with one attached hydrogen (secondary N) is 2. The number of piperidine rings is 2. The van der Waals surface area contributed by atoms with Crippen LogP contribution >= 0.6 is 11.6 Å². The molecule has 5 rings (SSSR count). The Morgan fingerprint density at radius 2 is 1.70 bits per heavy atom.